The molecule has 0 bridgehead atoms. The minimum absolute atomic E-state index is 0.297. The number of amides is 1. The predicted molar refractivity (Wildman–Crippen MR) is 55.5 cm³/mol. The first kappa shape index (κ1) is 10.9. The lowest BCUT2D eigenvalue weighted by Crippen LogP contribution is -2.42. The van der Waals surface area contributed by atoms with Gasteiger partial charge in [0.15, 0.2) is 5.17 Å². The average molecular weight is 212 g/mol. The Bertz CT molecular complexity index is 296. The quantitative estimate of drug-likeness (QED) is 0.380. The van der Waals surface area contributed by atoms with Crippen molar-refractivity contribution in [1.29, 1.82) is 5.26 Å². The van der Waals surface area contributed by atoms with E-state index in [4.69, 9.17) is 11.0 Å². The Hall–Kier alpha value is -1.22. The number of nitrogens with two attached hydrogens (primary N) is 1. The molecule has 0 aliphatic carbocycles. The highest BCUT2D eigenvalue weighted by Gasteiger charge is 2.31. The van der Waals surface area contributed by atoms with Gasteiger partial charge >= 0.3 is 0 Å². The van der Waals surface area contributed by atoms with Crippen molar-refractivity contribution in [2.75, 3.05) is 12.8 Å². The number of hydrogen-bond acceptors (Lipinski definition) is 4. The largest absolute Gasteiger partial charge is 0.368 e. The van der Waals surface area contributed by atoms with E-state index in [1.54, 1.807) is 11.1 Å². The molecule has 0 aromatic heterocycles. The van der Waals surface area contributed by atoms with Crippen LogP contribution in [-0.2, 0) is 4.79 Å². The van der Waals surface area contributed by atoms with Gasteiger partial charge in [-0.05, 0) is 19.1 Å². The molecule has 0 saturated carbocycles. The lowest BCUT2D eigenvalue weighted by atomic mass is 10.2. The first-order chi connectivity index (χ1) is 6.70. The highest BCUT2D eigenvalue weighted by atomic mass is 32.2. The Morgan fingerprint density at radius 2 is 2.50 bits per heavy atom. The van der Waals surface area contributed by atoms with Gasteiger partial charge in [0.2, 0.25) is 12.1 Å². The van der Waals surface area contributed by atoms with E-state index < -0.39 is 0 Å². The third kappa shape index (κ3) is 2.17. The number of nitriles is 1. The van der Waals surface area contributed by atoms with Crippen molar-refractivity contribution in [2.45, 2.75) is 18.9 Å². The van der Waals surface area contributed by atoms with Gasteiger partial charge in [-0.2, -0.15) is 5.26 Å². The summed E-state index contributed by atoms with van der Waals surface area (Å²) in [6.07, 6.45) is 5.22. The van der Waals surface area contributed by atoms with Gasteiger partial charge in [0.25, 0.3) is 0 Å². The van der Waals surface area contributed by atoms with Crippen LogP contribution in [0.25, 0.3) is 0 Å². The first-order valence-corrected chi connectivity index (χ1v) is 5.50. The predicted octanol–water partition coefficient (Wildman–Crippen LogP) is 0.136. The van der Waals surface area contributed by atoms with Crippen molar-refractivity contribution >= 4 is 22.8 Å². The van der Waals surface area contributed by atoms with Crippen LogP contribution in [0.5, 0.6) is 0 Å². The van der Waals surface area contributed by atoms with Crippen LogP contribution in [0.1, 0.15) is 12.8 Å². The minimum atomic E-state index is -0.345. The van der Waals surface area contributed by atoms with Gasteiger partial charge in [-0.1, -0.05) is 11.8 Å². The van der Waals surface area contributed by atoms with Gasteiger partial charge in [-0.3, -0.25) is 4.79 Å². The Morgan fingerprint density at radius 3 is 3.00 bits per heavy atom. The van der Waals surface area contributed by atoms with E-state index >= 15 is 0 Å². The summed E-state index contributed by atoms with van der Waals surface area (Å²) in [5, 5.41) is 9.04. The Balaban J connectivity index is 2.80. The van der Waals surface area contributed by atoms with Crippen molar-refractivity contribution in [1.82, 2.24) is 4.90 Å². The second-order valence-corrected chi connectivity index (χ2v) is 3.73. The summed E-state index contributed by atoms with van der Waals surface area (Å²) in [7, 11) is 0. The maximum Gasteiger partial charge on any atom is 0.240 e. The van der Waals surface area contributed by atoms with Crippen molar-refractivity contribution in [3.8, 4) is 6.19 Å². The van der Waals surface area contributed by atoms with Crippen LogP contribution < -0.4 is 5.73 Å². The number of primary amides is 1. The molecule has 1 unspecified atom stereocenters. The summed E-state index contributed by atoms with van der Waals surface area (Å²) in [5.41, 5.74) is 5.25. The summed E-state index contributed by atoms with van der Waals surface area (Å²) in [6, 6.07) is -0.297. The Kier molecular flexibility index (Phi) is 3.77. The van der Waals surface area contributed by atoms with Crippen molar-refractivity contribution in [3.05, 3.63) is 0 Å². The molecule has 1 saturated heterocycles. The van der Waals surface area contributed by atoms with Crippen LogP contribution in [0.2, 0.25) is 0 Å². The average Bonchev–Trinajstić information content (AvgIpc) is 2.62. The summed E-state index contributed by atoms with van der Waals surface area (Å²) >= 11 is 1.36. The molecule has 14 heavy (non-hydrogen) atoms. The standard InChI is InChI=1S/C8H12N4OS/c1-14-8(11-5-9)12-4-2-3-6(12)7(10)13/h6H,2-4H2,1H3,(H2,10,13). The van der Waals surface area contributed by atoms with Gasteiger partial charge in [0.05, 0.1) is 0 Å². The molecule has 5 nitrogen and oxygen atoms in total. The maximum atomic E-state index is 11.1. The number of likely N-dealkylation sites (tertiary alicyclic amines) is 1. The lowest BCUT2D eigenvalue weighted by molar-refractivity contribution is -0.121. The number of thioether (sulfide) groups is 1. The number of rotatable bonds is 1. The molecule has 76 valence electrons. The smallest absolute Gasteiger partial charge is 0.240 e. The van der Waals surface area contributed by atoms with Gasteiger partial charge in [0.1, 0.15) is 6.04 Å². The summed E-state index contributed by atoms with van der Waals surface area (Å²) in [5.74, 6) is -0.345. The third-order valence-corrected chi connectivity index (χ3v) is 2.85. The second kappa shape index (κ2) is 4.86. The number of hydrogen-bond donors (Lipinski definition) is 1. The molecule has 6 heteroatoms. The topological polar surface area (TPSA) is 82.5 Å². The fourth-order valence-electron chi connectivity index (χ4n) is 1.56. The van der Waals surface area contributed by atoms with E-state index in [2.05, 4.69) is 4.99 Å². The monoisotopic (exact) mass is 212 g/mol. The minimum Gasteiger partial charge on any atom is -0.368 e. The van der Waals surface area contributed by atoms with Crippen LogP contribution >= 0.6 is 11.8 Å². The summed E-state index contributed by atoms with van der Waals surface area (Å²) in [6.45, 7) is 0.745. The van der Waals surface area contributed by atoms with E-state index in [1.165, 1.54) is 11.8 Å². The van der Waals surface area contributed by atoms with E-state index in [-0.39, 0.29) is 11.9 Å². The zero-order valence-corrected chi connectivity index (χ0v) is 8.75. The zero-order chi connectivity index (χ0) is 10.6. The van der Waals surface area contributed by atoms with E-state index in [0.29, 0.717) is 5.17 Å². The normalized spacial score (nSPS) is 22.1. The van der Waals surface area contributed by atoms with Crippen molar-refractivity contribution in [2.24, 2.45) is 10.7 Å². The molecule has 1 heterocycles. The molecule has 1 atom stereocenters. The highest BCUT2D eigenvalue weighted by molar-refractivity contribution is 8.13. The van der Waals surface area contributed by atoms with E-state index in [1.807, 2.05) is 6.26 Å². The Labute approximate surface area is 87.0 Å². The van der Waals surface area contributed by atoms with Crippen LogP contribution in [-0.4, -0.2) is 34.8 Å². The fraction of sp³-hybridized carbons (Fsp3) is 0.625. The number of amidine groups is 1. The Morgan fingerprint density at radius 1 is 1.79 bits per heavy atom. The SMILES string of the molecule is CSC(=NC#N)N1CCCC1C(N)=O. The number of carbonyl (C=O) groups is 1. The zero-order valence-electron chi connectivity index (χ0n) is 7.93. The maximum absolute atomic E-state index is 11.1. The summed E-state index contributed by atoms with van der Waals surface area (Å²) in [4.78, 5) is 16.5. The molecular formula is C8H12N4OS. The van der Waals surface area contributed by atoms with Crippen LogP contribution in [0.15, 0.2) is 4.99 Å². The molecule has 2 N–H and O–H groups in total. The molecule has 1 rings (SSSR count). The van der Waals surface area contributed by atoms with E-state index in [9.17, 15) is 4.79 Å². The molecule has 0 aromatic rings. The number of aliphatic imine (C=N–C) groups is 1. The number of carbonyl (C=O) groups excluding carboxylic acids is 1. The molecule has 1 amide bonds. The molecular weight excluding hydrogens is 200 g/mol. The summed E-state index contributed by atoms with van der Waals surface area (Å²) < 4.78 is 0. The molecule has 1 aliphatic rings. The first-order valence-electron chi connectivity index (χ1n) is 4.27. The van der Waals surface area contributed by atoms with Gasteiger partial charge in [0, 0.05) is 6.54 Å². The number of nitrogens with zero attached hydrogens (tertiary/aromatic N) is 3. The molecule has 1 fully saturated rings. The highest BCUT2D eigenvalue weighted by Crippen LogP contribution is 2.20. The third-order valence-electron chi connectivity index (χ3n) is 2.16. The van der Waals surface area contributed by atoms with E-state index in [0.717, 1.165) is 19.4 Å². The lowest BCUT2D eigenvalue weighted by Gasteiger charge is -2.23. The van der Waals surface area contributed by atoms with Gasteiger partial charge < -0.3 is 10.6 Å². The van der Waals surface area contributed by atoms with Crippen molar-refractivity contribution < 1.29 is 4.79 Å². The van der Waals surface area contributed by atoms with Crippen molar-refractivity contribution in [3.63, 3.8) is 0 Å². The van der Waals surface area contributed by atoms with Gasteiger partial charge in [-0.25, -0.2) is 0 Å². The second-order valence-electron chi connectivity index (χ2n) is 2.95. The molecule has 1 aliphatic heterocycles. The molecule has 0 aromatic carbocycles. The van der Waals surface area contributed by atoms with Crippen LogP contribution in [0.4, 0.5) is 0 Å². The molecule has 0 radical (unpaired) electrons. The van der Waals surface area contributed by atoms with Crippen LogP contribution in [0, 0.1) is 11.5 Å². The van der Waals surface area contributed by atoms with Gasteiger partial charge in [-0.15, -0.1) is 4.99 Å². The molecule has 0 spiro atoms. The van der Waals surface area contributed by atoms with Crippen LogP contribution in [0.3, 0.4) is 0 Å². The fourth-order valence-corrected chi connectivity index (χ4v) is 2.15.